The van der Waals surface area contributed by atoms with Crippen molar-refractivity contribution in [2.75, 3.05) is 0 Å². The minimum absolute atomic E-state index is 0.481. The Hall–Kier alpha value is -1.81. The van der Waals surface area contributed by atoms with E-state index in [1.165, 1.54) is 16.6 Å². The molecule has 2 heterocycles. The van der Waals surface area contributed by atoms with Gasteiger partial charge in [-0.05, 0) is 77.4 Å². The average Bonchev–Trinajstić information content (AvgIpc) is 3.03. The van der Waals surface area contributed by atoms with Gasteiger partial charge in [-0.15, -0.1) is 0 Å². The van der Waals surface area contributed by atoms with Crippen LogP contribution in [0.5, 0.6) is 11.6 Å². The Morgan fingerprint density at radius 3 is 2.39 bits per heavy atom. The van der Waals surface area contributed by atoms with Gasteiger partial charge in [-0.3, -0.25) is 0 Å². The number of nitrogens with zero attached hydrogens (tertiary/aromatic N) is 2. The quantitative estimate of drug-likeness (QED) is 0.371. The van der Waals surface area contributed by atoms with Gasteiger partial charge >= 0.3 is 0 Å². The molecule has 0 saturated carbocycles. The van der Waals surface area contributed by atoms with Crippen LogP contribution in [0.15, 0.2) is 34.9 Å². The van der Waals surface area contributed by atoms with Crippen molar-refractivity contribution in [3.63, 3.8) is 0 Å². The maximum atomic E-state index is 6.37. The summed E-state index contributed by atoms with van der Waals surface area (Å²) in [5.74, 6) is 1.99. The van der Waals surface area contributed by atoms with Crippen LogP contribution in [0.1, 0.15) is 76.2 Å². The number of ether oxygens (including phenoxy) is 1. The normalized spacial score (nSPS) is 11.8. The van der Waals surface area contributed by atoms with Crippen LogP contribution < -0.4 is 4.74 Å². The second kappa shape index (κ2) is 8.69. The molecule has 4 heteroatoms. The molecule has 3 aromatic rings. The summed E-state index contributed by atoms with van der Waals surface area (Å²) in [5.41, 5.74) is 4.78. The van der Waals surface area contributed by atoms with E-state index in [-0.39, 0.29) is 0 Å². The van der Waals surface area contributed by atoms with E-state index < -0.39 is 0 Å². The summed E-state index contributed by atoms with van der Waals surface area (Å²) in [5, 5.41) is 1.14. The smallest absolute Gasteiger partial charge is 0.229 e. The fourth-order valence-electron chi connectivity index (χ4n) is 3.82. The number of aryl methyl sites for hydroxylation is 2. The molecule has 1 aromatic carbocycles. The molecule has 0 aliphatic heterocycles. The predicted molar refractivity (Wildman–Crippen MR) is 122 cm³/mol. The van der Waals surface area contributed by atoms with Crippen LogP contribution in [0.3, 0.4) is 0 Å². The number of hydrogen-bond donors (Lipinski definition) is 0. The number of aromatic nitrogens is 2. The number of benzene rings is 1. The molecule has 0 atom stereocenters. The van der Waals surface area contributed by atoms with Gasteiger partial charge < -0.3 is 9.30 Å². The number of rotatable bonds is 7. The van der Waals surface area contributed by atoms with Gasteiger partial charge in [0.05, 0.1) is 15.4 Å². The summed E-state index contributed by atoms with van der Waals surface area (Å²) in [6, 6.07) is 9.00. The van der Waals surface area contributed by atoms with Crippen LogP contribution in [0, 0.1) is 6.92 Å². The van der Waals surface area contributed by atoms with E-state index in [9.17, 15) is 0 Å². The molecule has 0 aliphatic carbocycles. The topological polar surface area (TPSA) is 27.1 Å². The van der Waals surface area contributed by atoms with Crippen LogP contribution in [0.4, 0.5) is 0 Å². The van der Waals surface area contributed by atoms with Gasteiger partial charge in [0, 0.05) is 17.9 Å². The molecule has 0 amide bonds. The standard InChI is InChI=1S/C24H31BrN2O/c1-7-17-14-27(19(8-2)9-3)21-12-16(6)26-24(23(17)21)28-22-11-10-18(15(4)5)13-20(22)25/h10-15,19H,7-9H2,1-6H3. The highest BCUT2D eigenvalue weighted by Crippen LogP contribution is 2.38. The number of fused-ring (bicyclic) bond motifs is 1. The molecule has 0 N–H and O–H groups in total. The zero-order valence-corrected chi connectivity index (χ0v) is 19.4. The van der Waals surface area contributed by atoms with Crippen molar-refractivity contribution in [1.29, 1.82) is 0 Å². The molecule has 0 aliphatic rings. The lowest BCUT2D eigenvalue weighted by Gasteiger charge is -2.17. The third-order valence-electron chi connectivity index (χ3n) is 5.53. The lowest BCUT2D eigenvalue weighted by Crippen LogP contribution is -2.05. The van der Waals surface area contributed by atoms with Crippen LogP contribution in [-0.4, -0.2) is 9.55 Å². The summed E-state index contributed by atoms with van der Waals surface area (Å²) < 4.78 is 9.76. The molecule has 3 rings (SSSR count). The molecule has 150 valence electrons. The number of halogens is 1. The van der Waals surface area contributed by atoms with E-state index in [1.807, 2.05) is 13.0 Å². The molecule has 0 unspecified atom stereocenters. The van der Waals surface area contributed by atoms with Crippen molar-refractivity contribution in [3.8, 4) is 11.6 Å². The van der Waals surface area contributed by atoms with Gasteiger partial charge in [-0.25, -0.2) is 4.98 Å². The van der Waals surface area contributed by atoms with Crippen LogP contribution >= 0.6 is 15.9 Å². The van der Waals surface area contributed by atoms with E-state index in [0.717, 1.165) is 40.6 Å². The predicted octanol–water partition coefficient (Wildman–Crippen LogP) is 7.95. The molecule has 3 nitrogen and oxygen atoms in total. The minimum atomic E-state index is 0.481. The summed E-state index contributed by atoms with van der Waals surface area (Å²) in [7, 11) is 0. The SMILES string of the molecule is CCc1cn(C(CC)CC)c2cc(C)nc(Oc3ccc(C(C)C)cc3Br)c12. The average molecular weight is 443 g/mol. The van der Waals surface area contributed by atoms with Gasteiger partial charge in [0.1, 0.15) is 5.75 Å². The van der Waals surface area contributed by atoms with Crippen LogP contribution in [0.2, 0.25) is 0 Å². The van der Waals surface area contributed by atoms with Crippen molar-refractivity contribution in [2.24, 2.45) is 0 Å². The van der Waals surface area contributed by atoms with Crippen molar-refractivity contribution in [3.05, 3.63) is 51.8 Å². The fourth-order valence-corrected chi connectivity index (χ4v) is 4.30. The van der Waals surface area contributed by atoms with Crippen molar-refractivity contribution in [1.82, 2.24) is 9.55 Å². The molecular weight excluding hydrogens is 412 g/mol. The highest BCUT2D eigenvalue weighted by molar-refractivity contribution is 9.10. The third-order valence-corrected chi connectivity index (χ3v) is 6.15. The molecule has 0 saturated heterocycles. The van der Waals surface area contributed by atoms with E-state index in [1.54, 1.807) is 0 Å². The first-order chi connectivity index (χ1) is 13.4. The first-order valence-corrected chi connectivity index (χ1v) is 11.2. The highest BCUT2D eigenvalue weighted by Gasteiger charge is 2.19. The Kier molecular flexibility index (Phi) is 6.49. The monoisotopic (exact) mass is 442 g/mol. The first kappa shape index (κ1) is 20.9. The Morgan fingerprint density at radius 1 is 1.11 bits per heavy atom. The van der Waals surface area contributed by atoms with Crippen LogP contribution in [0.25, 0.3) is 10.9 Å². The van der Waals surface area contributed by atoms with Crippen LogP contribution in [-0.2, 0) is 6.42 Å². The van der Waals surface area contributed by atoms with Crippen molar-refractivity contribution < 1.29 is 4.74 Å². The highest BCUT2D eigenvalue weighted by atomic mass is 79.9. The van der Waals surface area contributed by atoms with E-state index >= 15 is 0 Å². The second-order valence-corrected chi connectivity index (χ2v) is 8.65. The first-order valence-electron chi connectivity index (χ1n) is 10.4. The molecule has 0 fully saturated rings. The maximum Gasteiger partial charge on any atom is 0.229 e. The van der Waals surface area contributed by atoms with Gasteiger partial charge in [0.15, 0.2) is 0 Å². The molecule has 0 spiro atoms. The van der Waals surface area contributed by atoms with Gasteiger partial charge in [0.2, 0.25) is 5.88 Å². The summed E-state index contributed by atoms with van der Waals surface area (Å²) in [4.78, 5) is 4.77. The van der Waals surface area contributed by atoms with Gasteiger partial charge in [-0.1, -0.05) is 40.7 Å². The lowest BCUT2D eigenvalue weighted by molar-refractivity contribution is 0.463. The molecular formula is C24H31BrN2O. The Bertz CT molecular complexity index is 970. The summed E-state index contributed by atoms with van der Waals surface area (Å²) >= 11 is 3.68. The van der Waals surface area contributed by atoms with Gasteiger partial charge in [-0.2, -0.15) is 0 Å². The number of hydrogen-bond acceptors (Lipinski definition) is 2. The molecule has 28 heavy (non-hydrogen) atoms. The third kappa shape index (κ3) is 3.98. The Morgan fingerprint density at radius 2 is 1.82 bits per heavy atom. The second-order valence-electron chi connectivity index (χ2n) is 7.80. The molecule has 2 aromatic heterocycles. The number of pyridine rings is 1. The molecule has 0 bridgehead atoms. The van der Waals surface area contributed by atoms with Crippen molar-refractivity contribution in [2.45, 2.75) is 72.8 Å². The summed E-state index contributed by atoms with van der Waals surface area (Å²) in [6.45, 7) is 13.1. The minimum Gasteiger partial charge on any atom is -0.437 e. The largest absolute Gasteiger partial charge is 0.437 e. The van der Waals surface area contributed by atoms with E-state index in [0.29, 0.717) is 17.8 Å². The Labute approximate surface area is 177 Å². The zero-order valence-electron chi connectivity index (χ0n) is 17.8. The fraction of sp³-hybridized carbons (Fsp3) is 0.458. The Balaban J connectivity index is 2.14. The van der Waals surface area contributed by atoms with Gasteiger partial charge in [0.25, 0.3) is 0 Å². The van der Waals surface area contributed by atoms with E-state index in [4.69, 9.17) is 9.72 Å². The molecule has 0 radical (unpaired) electrons. The van der Waals surface area contributed by atoms with Crippen molar-refractivity contribution >= 4 is 26.8 Å². The lowest BCUT2D eigenvalue weighted by atomic mass is 10.0. The maximum absolute atomic E-state index is 6.37. The summed E-state index contributed by atoms with van der Waals surface area (Å²) in [6.07, 6.45) is 5.48. The zero-order chi connectivity index (χ0) is 20.4. The van der Waals surface area contributed by atoms with E-state index in [2.05, 4.69) is 79.5 Å².